The molecule has 1 saturated heterocycles. The molecule has 0 unspecified atom stereocenters. The lowest BCUT2D eigenvalue weighted by Crippen LogP contribution is -2.41. The number of benzene rings is 1. The van der Waals surface area contributed by atoms with Crippen molar-refractivity contribution in [3.05, 3.63) is 41.2 Å². The van der Waals surface area contributed by atoms with Crippen LogP contribution in [0.4, 0.5) is 8.78 Å². The number of allylic oxidation sites excluding steroid dienone is 1. The average molecular weight is 368 g/mol. The van der Waals surface area contributed by atoms with E-state index in [1.807, 2.05) is 6.92 Å². The number of halogens is 2. The number of rotatable bonds is 4. The van der Waals surface area contributed by atoms with Gasteiger partial charge in [0.25, 0.3) is 0 Å². The van der Waals surface area contributed by atoms with Gasteiger partial charge in [0.2, 0.25) is 0 Å². The van der Waals surface area contributed by atoms with Crippen molar-refractivity contribution in [1.82, 2.24) is 0 Å². The Morgan fingerprint density at radius 2 is 2.12 bits per heavy atom. The molecule has 0 N–H and O–H groups in total. The van der Waals surface area contributed by atoms with E-state index in [1.54, 1.807) is 0 Å². The summed E-state index contributed by atoms with van der Waals surface area (Å²) in [5.41, 5.74) is -0.567. The lowest BCUT2D eigenvalue weighted by atomic mass is 9.76. The maximum Gasteiger partial charge on any atom is 0.190 e. The maximum absolute atomic E-state index is 14.4. The first-order valence-corrected chi connectivity index (χ1v) is 8.81. The van der Waals surface area contributed by atoms with Gasteiger partial charge in [0, 0.05) is 19.4 Å². The lowest BCUT2D eigenvalue weighted by molar-refractivity contribution is -0.118. The van der Waals surface area contributed by atoms with Crippen molar-refractivity contribution in [2.45, 2.75) is 43.6 Å². The SMILES string of the molecule is CC(=O)Sc1cc(F)c(C[C@H](C)[C@]23CCC(=O)C=C2OCO3)cc1F. The second-order valence-corrected chi connectivity index (χ2v) is 7.56. The van der Waals surface area contributed by atoms with Crippen LogP contribution in [0.25, 0.3) is 0 Å². The van der Waals surface area contributed by atoms with E-state index in [1.165, 1.54) is 13.0 Å². The number of ether oxygens (including phenoxy) is 2. The van der Waals surface area contributed by atoms with Gasteiger partial charge in [0.15, 0.2) is 17.7 Å². The van der Waals surface area contributed by atoms with E-state index in [2.05, 4.69) is 0 Å². The topological polar surface area (TPSA) is 52.6 Å². The minimum atomic E-state index is -0.774. The second-order valence-electron chi connectivity index (χ2n) is 6.34. The summed E-state index contributed by atoms with van der Waals surface area (Å²) in [6, 6.07) is 2.18. The highest BCUT2D eigenvalue weighted by Crippen LogP contribution is 2.44. The fourth-order valence-corrected chi connectivity index (χ4v) is 3.99. The standard InChI is InChI=1S/C18H18F2O4S/c1-10(18-4-3-13(22)7-17(18)23-9-24-18)5-12-6-15(20)16(8-14(12)19)25-11(2)21/h6-8,10H,3-5,9H2,1-2H3/t10-,18+/m0/s1. The molecule has 1 aliphatic carbocycles. The summed E-state index contributed by atoms with van der Waals surface area (Å²) in [7, 11) is 0. The largest absolute Gasteiger partial charge is 0.469 e. The minimum Gasteiger partial charge on any atom is -0.469 e. The predicted molar refractivity (Wildman–Crippen MR) is 87.9 cm³/mol. The highest BCUT2D eigenvalue weighted by molar-refractivity contribution is 8.13. The summed E-state index contributed by atoms with van der Waals surface area (Å²) in [6.45, 7) is 3.22. The summed E-state index contributed by atoms with van der Waals surface area (Å²) < 4.78 is 39.7. The molecule has 134 valence electrons. The van der Waals surface area contributed by atoms with Gasteiger partial charge >= 0.3 is 0 Å². The van der Waals surface area contributed by atoms with Crippen LogP contribution in [0.1, 0.15) is 32.3 Å². The molecule has 0 saturated carbocycles. The van der Waals surface area contributed by atoms with Crippen LogP contribution in [0.5, 0.6) is 0 Å². The van der Waals surface area contributed by atoms with Gasteiger partial charge in [-0.1, -0.05) is 6.92 Å². The van der Waals surface area contributed by atoms with Gasteiger partial charge < -0.3 is 9.47 Å². The quantitative estimate of drug-likeness (QED) is 0.757. The summed E-state index contributed by atoms with van der Waals surface area (Å²) in [6.07, 6.45) is 2.46. The Hall–Kier alpha value is -1.73. The van der Waals surface area contributed by atoms with Crippen LogP contribution in [0.2, 0.25) is 0 Å². The monoisotopic (exact) mass is 368 g/mol. The molecule has 1 aliphatic heterocycles. The minimum absolute atomic E-state index is 0.0221. The molecule has 0 bridgehead atoms. The smallest absolute Gasteiger partial charge is 0.190 e. The number of hydrogen-bond donors (Lipinski definition) is 0. The number of fused-ring (bicyclic) bond motifs is 1. The molecule has 4 nitrogen and oxygen atoms in total. The summed E-state index contributed by atoms with van der Waals surface area (Å²) in [5.74, 6) is -0.953. The normalized spacial score (nSPS) is 23.7. The molecule has 1 fully saturated rings. The molecule has 0 amide bonds. The Bertz CT molecular complexity index is 762. The van der Waals surface area contributed by atoms with Crippen molar-refractivity contribution in [3.63, 3.8) is 0 Å². The molecule has 2 atom stereocenters. The van der Waals surface area contributed by atoms with Crippen LogP contribution in [0.15, 0.2) is 28.9 Å². The molecule has 3 rings (SSSR count). The summed E-state index contributed by atoms with van der Waals surface area (Å²) >= 11 is 0.664. The Morgan fingerprint density at radius 3 is 2.84 bits per heavy atom. The third-order valence-electron chi connectivity index (χ3n) is 4.66. The summed E-state index contributed by atoms with van der Waals surface area (Å²) in [4.78, 5) is 22.7. The third kappa shape index (κ3) is 3.48. The molecule has 25 heavy (non-hydrogen) atoms. The van der Waals surface area contributed by atoms with E-state index in [-0.39, 0.29) is 40.5 Å². The van der Waals surface area contributed by atoms with Crippen LogP contribution in [-0.2, 0) is 25.5 Å². The van der Waals surface area contributed by atoms with Gasteiger partial charge in [-0.3, -0.25) is 9.59 Å². The zero-order chi connectivity index (χ0) is 18.2. The van der Waals surface area contributed by atoms with Gasteiger partial charge in [0.05, 0.1) is 4.90 Å². The van der Waals surface area contributed by atoms with Gasteiger partial charge in [-0.05, 0) is 48.2 Å². The highest BCUT2D eigenvalue weighted by Gasteiger charge is 2.49. The van der Waals surface area contributed by atoms with Crippen molar-refractivity contribution in [2.24, 2.45) is 5.92 Å². The molecule has 0 spiro atoms. The fraction of sp³-hybridized carbons (Fsp3) is 0.444. The van der Waals surface area contributed by atoms with E-state index in [9.17, 15) is 18.4 Å². The van der Waals surface area contributed by atoms with Crippen LogP contribution >= 0.6 is 11.8 Å². The van der Waals surface area contributed by atoms with Crippen LogP contribution < -0.4 is 0 Å². The first-order valence-electron chi connectivity index (χ1n) is 8.00. The fourth-order valence-electron chi connectivity index (χ4n) is 3.36. The van der Waals surface area contributed by atoms with Crippen molar-refractivity contribution >= 4 is 22.7 Å². The first kappa shape index (κ1) is 18.1. The predicted octanol–water partition coefficient (Wildman–Crippen LogP) is 3.77. The van der Waals surface area contributed by atoms with Crippen molar-refractivity contribution in [1.29, 1.82) is 0 Å². The second kappa shape index (κ2) is 6.88. The van der Waals surface area contributed by atoms with Crippen molar-refractivity contribution in [2.75, 3.05) is 6.79 Å². The maximum atomic E-state index is 14.4. The zero-order valence-corrected chi connectivity index (χ0v) is 14.8. The highest BCUT2D eigenvalue weighted by atomic mass is 32.2. The zero-order valence-electron chi connectivity index (χ0n) is 13.9. The lowest BCUT2D eigenvalue weighted by Gasteiger charge is -2.35. The van der Waals surface area contributed by atoms with Gasteiger partial charge in [-0.2, -0.15) is 0 Å². The van der Waals surface area contributed by atoms with Crippen molar-refractivity contribution in [3.8, 4) is 0 Å². The third-order valence-corrected chi connectivity index (χ3v) is 5.48. The first-order chi connectivity index (χ1) is 11.8. The molecule has 1 aromatic rings. The van der Waals surface area contributed by atoms with Gasteiger partial charge in [-0.15, -0.1) is 0 Å². The molecule has 7 heteroatoms. The van der Waals surface area contributed by atoms with E-state index in [4.69, 9.17) is 9.47 Å². The number of carbonyl (C=O) groups is 2. The number of hydrogen-bond acceptors (Lipinski definition) is 5. The van der Waals surface area contributed by atoms with Crippen LogP contribution in [-0.4, -0.2) is 23.3 Å². The molecule has 2 aliphatic rings. The van der Waals surface area contributed by atoms with E-state index in [0.29, 0.717) is 30.4 Å². The Balaban J connectivity index is 1.85. The van der Waals surface area contributed by atoms with Gasteiger partial charge in [0.1, 0.15) is 23.0 Å². The van der Waals surface area contributed by atoms with Crippen LogP contribution in [0, 0.1) is 17.6 Å². The molecule has 1 aromatic carbocycles. The van der Waals surface area contributed by atoms with Crippen LogP contribution in [0.3, 0.4) is 0 Å². The Labute approximate surface area is 148 Å². The molecular formula is C18H18F2O4S. The van der Waals surface area contributed by atoms with Crippen molar-refractivity contribution < 1.29 is 27.8 Å². The number of ketones is 1. The molecule has 1 heterocycles. The average Bonchev–Trinajstić information content (AvgIpc) is 2.95. The number of carbonyl (C=O) groups excluding carboxylic acids is 2. The van der Waals surface area contributed by atoms with E-state index >= 15 is 0 Å². The summed E-state index contributed by atoms with van der Waals surface area (Å²) in [5, 5.41) is -0.309. The van der Waals surface area contributed by atoms with E-state index < -0.39 is 17.2 Å². The number of thioether (sulfide) groups is 1. The molecule has 0 radical (unpaired) electrons. The molecular weight excluding hydrogens is 350 g/mol. The van der Waals surface area contributed by atoms with Gasteiger partial charge in [-0.25, -0.2) is 8.78 Å². The van der Waals surface area contributed by atoms with E-state index in [0.717, 1.165) is 12.1 Å². The Morgan fingerprint density at radius 1 is 1.36 bits per heavy atom. The Kier molecular flexibility index (Phi) is 4.97. The molecule has 0 aromatic heterocycles.